The zero-order chi connectivity index (χ0) is 13.4. The zero-order valence-electron chi connectivity index (χ0n) is 11.2. The van der Waals surface area contributed by atoms with Crippen molar-refractivity contribution in [2.75, 3.05) is 20.2 Å². The van der Waals surface area contributed by atoms with Gasteiger partial charge in [0.2, 0.25) is 5.91 Å². The van der Waals surface area contributed by atoms with Gasteiger partial charge >= 0.3 is 5.97 Å². The van der Waals surface area contributed by atoms with Crippen molar-refractivity contribution in [2.24, 2.45) is 11.7 Å². The summed E-state index contributed by atoms with van der Waals surface area (Å²) in [5, 5.41) is 0. The largest absolute Gasteiger partial charge is 0.468 e. The van der Waals surface area contributed by atoms with Gasteiger partial charge in [0.05, 0.1) is 7.11 Å². The normalized spacial score (nSPS) is 12.4. The summed E-state index contributed by atoms with van der Waals surface area (Å²) in [5.41, 5.74) is 5.42. The molecule has 0 aromatic heterocycles. The minimum absolute atomic E-state index is 0.0121. The number of methoxy groups -OCH3 is 1. The summed E-state index contributed by atoms with van der Waals surface area (Å²) in [7, 11) is 1.32. The summed E-state index contributed by atoms with van der Waals surface area (Å²) in [6.45, 7) is 6.23. The Bertz CT molecular complexity index is 254. The van der Waals surface area contributed by atoms with E-state index in [-0.39, 0.29) is 24.4 Å². The van der Waals surface area contributed by atoms with Crippen molar-refractivity contribution in [1.29, 1.82) is 0 Å². The molecule has 0 rings (SSSR count). The molecular weight excluding hydrogens is 220 g/mol. The maximum atomic E-state index is 12.1. The lowest BCUT2D eigenvalue weighted by Crippen LogP contribution is -2.43. The van der Waals surface area contributed by atoms with Crippen LogP contribution in [0.5, 0.6) is 0 Å². The number of amides is 1. The fourth-order valence-electron chi connectivity index (χ4n) is 1.55. The molecule has 0 spiro atoms. The molecule has 5 nitrogen and oxygen atoms in total. The van der Waals surface area contributed by atoms with Gasteiger partial charge in [0.1, 0.15) is 6.54 Å². The van der Waals surface area contributed by atoms with Gasteiger partial charge in [-0.15, -0.1) is 0 Å². The van der Waals surface area contributed by atoms with E-state index in [0.29, 0.717) is 6.54 Å². The zero-order valence-corrected chi connectivity index (χ0v) is 11.2. The SMILES string of the molecule is COC(=O)CN(C(=O)C(C)CCCN)C(C)C. The number of nitrogens with zero attached hydrogens (tertiary/aromatic N) is 1. The van der Waals surface area contributed by atoms with Crippen LogP contribution in [0, 0.1) is 5.92 Å². The third kappa shape index (κ3) is 5.68. The Kier molecular flexibility index (Phi) is 7.54. The van der Waals surface area contributed by atoms with Crippen molar-refractivity contribution >= 4 is 11.9 Å². The Balaban J connectivity index is 4.48. The van der Waals surface area contributed by atoms with Crippen molar-refractivity contribution in [1.82, 2.24) is 4.90 Å². The first kappa shape index (κ1) is 15.9. The predicted octanol–water partition coefficient (Wildman–Crippen LogP) is 0.771. The highest BCUT2D eigenvalue weighted by molar-refractivity contribution is 5.83. The molecule has 1 amide bonds. The highest BCUT2D eigenvalue weighted by Crippen LogP contribution is 2.12. The Hall–Kier alpha value is -1.10. The van der Waals surface area contributed by atoms with E-state index >= 15 is 0 Å². The smallest absolute Gasteiger partial charge is 0.325 e. The van der Waals surface area contributed by atoms with Crippen molar-refractivity contribution in [3.05, 3.63) is 0 Å². The third-order valence-electron chi connectivity index (χ3n) is 2.70. The van der Waals surface area contributed by atoms with Crippen LogP contribution in [0.4, 0.5) is 0 Å². The minimum atomic E-state index is -0.391. The molecule has 5 heteroatoms. The van der Waals surface area contributed by atoms with Crippen molar-refractivity contribution in [3.63, 3.8) is 0 Å². The van der Waals surface area contributed by atoms with E-state index in [4.69, 9.17) is 5.73 Å². The maximum Gasteiger partial charge on any atom is 0.325 e. The van der Waals surface area contributed by atoms with Gasteiger partial charge in [-0.25, -0.2) is 0 Å². The van der Waals surface area contributed by atoms with Crippen molar-refractivity contribution in [3.8, 4) is 0 Å². The van der Waals surface area contributed by atoms with Crippen molar-refractivity contribution in [2.45, 2.75) is 39.7 Å². The van der Waals surface area contributed by atoms with Gasteiger partial charge in [-0.3, -0.25) is 9.59 Å². The second-order valence-electron chi connectivity index (χ2n) is 4.47. The van der Waals surface area contributed by atoms with Gasteiger partial charge in [0, 0.05) is 12.0 Å². The van der Waals surface area contributed by atoms with E-state index in [1.165, 1.54) is 7.11 Å². The molecule has 100 valence electrons. The van der Waals surface area contributed by atoms with Crippen LogP contribution in [0.1, 0.15) is 33.6 Å². The number of nitrogens with two attached hydrogens (primary N) is 1. The van der Waals surface area contributed by atoms with Gasteiger partial charge in [0.15, 0.2) is 0 Å². The number of hydrogen-bond acceptors (Lipinski definition) is 4. The summed E-state index contributed by atoms with van der Waals surface area (Å²) in [6.07, 6.45) is 1.57. The standard InChI is InChI=1S/C12H24N2O3/c1-9(2)14(8-11(15)17-4)12(16)10(3)6-5-7-13/h9-10H,5-8,13H2,1-4H3. The van der Waals surface area contributed by atoms with Gasteiger partial charge < -0.3 is 15.4 Å². The molecule has 0 aromatic rings. The molecule has 0 heterocycles. The molecule has 0 radical (unpaired) electrons. The molecule has 17 heavy (non-hydrogen) atoms. The molecule has 0 aliphatic rings. The van der Waals surface area contributed by atoms with Crippen LogP contribution < -0.4 is 5.73 Å². The first-order chi connectivity index (χ1) is 7.93. The van der Waals surface area contributed by atoms with Crippen LogP contribution in [-0.4, -0.2) is 43.0 Å². The van der Waals surface area contributed by atoms with Gasteiger partial charge in [-0.1, -0.05) is 6.92 Å². The Morgan fingerprint density at radius 1 is 1.29 bits per heavy atom. The van der Waals surface area contributed by atoms with E-state index in [2.05, 4.69) is 4.74 Å². The number of rotatable bonds is 7. The molecule has 1 atom stereocenters. The van der Waals surface area contributed by atoms with E-state index in [1.54, 1.807) is 4.90 Å². The molecule has 2 N–H and O–H groups in total. The quantitative estimate of drug-likeness (QED) is 0.671. The summed E-state index contributed by atoms with van der Waals surface area (Å²) in [5.74, 6) is -0.512. The highest BCUT2D eigenvalue weighted by Gasteiger charge is 2.24. The first-order valence-electron chi connectivity index (χ1n) is 6.01. The van der Waals surface area contributed by atoms with Crippen molar-refractivity contribution < 1.29 is 14.3 Å². The highest BCUT2D eigenvalue weighted by atomic mass is 16.5. The molecule has 0 saturated carbocycles. The monoisotopic (exact) mass is 244 g/mol. The lowest BCUT2D eigenvalue weighted by atomic mass is 10.0. The summed E-state index contributed by atoms with van der Waals surface area (Å²) in [4.78, 5) is 24.9. The molecule has 1 unspecified atom stereocenters. The second-order valence-corrected chi connectivity index (χ2v) is 4.47. The van der Waals surface area contributed by atoms with Gasteiger partial charge in [-0.2, -0.15) is 0 Å². The average Bonchev–Trinajstić information content (AvgIpc) is 2.31. The lowest BCUT2D eigenvalue weighted by molar-refractivity contribution is -0.149. The van der Waals surface area contributed by atoms with Crippen LogP contribution in [0.25, 0.3) is 0 Å². The minimum Gasteiger partial charge on any atom is -0.468 e. The molecule has 0 aliphatic carbocycles. The Labute approximate surface area is 103 Å². The Morgan fingerprint density at radius 2 is 1.88 bits per heavy atom. The van der Waals surface area contributed by atoms with Crippen LogP contribution in [0.3, 0.4) is 0 Å². The summed E-state index contributed by atoms with van der Waals surface area (Å²) >= 11 is 0. The third-order valence-corrected chi connectivity index (χ3v) is 2.70. The second kappa shape index (κ2) is 8.06. The van der Waals surface area contributed by atoms with Crippen LogP contribution in [-0.2, 0) is 14.3 Å². The van der Waals surface area contributed by atoms with E-state index in [9.17, 15) is 9.59 Å². The maximum absolute atomic E-state index is 12.1. The Morgan fingerprint density at radius 3 is 2.29 bits per heavy atom. The first-order valence-corrected chi connectivity index (χ1v) is 6.01. The fraction of sp³-hybridized carbons (Fsp3) is 0.833. The number of hydrogen-bond donors (Lipinski definition) is 1. The van der Waals surface area contributed by atoms with Crippen LogP contribution >= 0.6 is 0 Å². The topological polar surface area (TPSA) is 72.6 Å². The molecule has 0 aliphatic heterocycles. The number of ether oxygens (including phenoxy) is 1. The van der Waals surface area contributed by atoms with Gasteiger partial charge in [0.25, 0.3) is 0 Å². The van der Waals surface area contributed by atoms with Crippen LogP contribution in [0.15, 0.2) is 0 Å². The predicted molar refractivity (Wildman–Crippen MR) is 66.3 cm³/mol. The lowest BCUT2D eigenvalue weighted by Gasteiger charge is -2.28. The van der Waals surface area contributed by atoms with Gasteiger partial charge in [-0.05, 0) is 33.2 Å². The molecule has 0 aromatic carbocycles. The number of carbonyl (C=O) groups is 2. The average molecular weight is 244 g/mol. The van der Waals surface area contributed by atoms with E-state index in [1.807, 2.05) is 20.8 Å². The van der Waals surface area contributed by atoms with E-state index in [0.717, 1.165) is 12.8 Å². The molecule has 0 fully saturated rings. The molecule has 0 saturated heterocycles. The molecule has 0 bridgehead atoms. The number of esters is 1. The number of carbonyl (C=O) groups excluding carboxylic acids is 2. The summed E-state index contributed by atoms with van der Waals surface area (Å²) < 4.78 is 4.59. The summed E-state index contributed by atoms with van der Waals surface area (Å²) in [6, 6.07) is -0.0121. The fourth-order valence-corrected chi connectivity index (χ4v) is 1.55. The molecular formula is C12H24N2O3. The van der Waals surface area contributed by atoms with Crippen LogP contribution in [0.2, 0.25) is 0 Å². The van der Waals surface area contributed by atoms with E-state index < -0.39 is 5.97 Å².